The lowest BCUT2D eigenvalue weighted by atomic mass is 9.75. The Bertz CT molecular complexity index is 516. The van der Waals surface area contributed by atoms with Gasteiger partial charge in [-0.1, -0.05) is 31.4 Å². The molecule has 2 saturated heterocycles. The van der Waals surface area contributed by atoms with Crippen molar-refractivity contribution in [2.75, 3.05) is 13.2 Å². The van der Waals surface area contributed by atoms with E-state index >= 15 is 0 Å². The molecule has 4 atom stereocenters. The first-order chi connectivity index (χ1) is 13.2. The summed E-state index contributed by atoms with van der Waals surface area (Å²) < 4.78 is 11.8. The van der Waals surface area contributed by atoms with E-state index in [0.29, 0.717) is 30.7 Å². The molecule has 0 radical (unpaired) electrons. The Labute approximate surface area is 164 Å². The van der Waals surface area contributed by atoms with Crippen LogP contribution in [0.1, 0.15) is 77.6 Å². The lowest BCUT2D eigenvalue weighted by molar-refractivity contribution is -0.137. The molecule has 0 aromatic rings. The molecule has 4 heteroatoms. The van der Waals surface area contributed by atoms with Crippen LogP contribution in [-0.2, 0) is 14.3 Å². The maximum absolute atomic E-state index is 10.5. The lowest BCUT2D eigenvalue weighted by Crippen LogP contribution is -2.26. The first kappa shape index (κ1) is 22.0. The second kappa shape index (κ2) is 13.0. The van der Waals surface area contributed by atoms with Crippen LogP contribution in [0.4, 0.5) is 0 Å². The van der Waals surface area contributed by atoms with Gasteiger partial charge in [-0.3, -0.25) is 4.79 Å². The molecule has 0 aliphatic carbocycles. The minimum atomic E-state index is -0.707. The largest absolute Gasteiger partial charge is 0.481 e. The van der Waals surface area contributed by atoms with Crippen LogP contribution in [0.2, 0.25) is 0 Å². The quantitative estimate of drug-likeness (QED) is 0.280. The number of hydrogen-bond acceptors (Lipinski definition) is 3. The van der Waals surface area contributed by atoms with Crippen molar-refractivity contribution in [2.45, 2.75) is 89.8 Å². The molecular weight excluding hydrogens is 340 g/mol. The number of rotatable bonds is 13. The van der Waals surface area contributed by atoms with E-state index < -0.39 is 5.97 Å². The molecule has 2 heterocycles. The number of allylic oxidation sites excluding steroid dienone is 2. The molecule has 0 spiro atoms. The van der Waals surface area contributed by atoms with Crippen molar-refractivity contribution in [3.63, 3.8) is 0 Å². The highest BCUT2D eigenvalue weighted by atomic mass is 16.5. The minimum Gasteiger partial charge on any atom is -0.481 e. The fourth-order valence-electron chi connectivity index (χ4n) is 4.31. The number of carbonyl (C=O) groups is 1. The number of unbranched alkanes of at least 4 members (excludes halogenated alkanes) is 3. The molecule has 0 aromatic carbocycles. The Kier molecular flexibility index (Phi) is 10.6. The lowest BCUT2D eigenvalue weighted by Gasteiger charge is -2.27. The fourth-order valence-corrected chi connectivity index (χ4v) is 4.31. The third-order valence-electron chi connectivity index (χ3n) is 5.68. The van der Waals surface area contributed by atoms with Gasteiger partial charge in [0.2, 0.25) is 0 Å². The molecule has 0 saturated carbocycles. The SMILES string of the molecule is CCCC#CCOCCCC[C@@H]1[C@H](C/C=C\CCCC(=O)O)[C@@H]2CC[C@H]1O2. The van der Waals surface area contributed by atoms with Gasteiger partial charge in [0.15, 0.2) is 0 Å². The normalized spacial score (nSPS) is 26.4. The number of fused-ring (bicyclic) bond motifs is 2. The number of aliphatic carboxylic acids is 1. The van der Waals surface area contributed by atoms with Gasteiger partial charge in [-0.05, 0) is 63.2 Å². The van der Waals surface area contributed by atoms with Crippen molar-refractivity contribution in [1.29, 1.82) is 0 Å². The molecular formula is C23H36O4. The highest BCUT2D eigenvalue weighted by molar-refractivity contribution is 5.66. The van der Waals surface area contributed by atoms with Crippen LogP contribution in [0.3, 0.4) is 0 Å². The topological polar surface area (TPSA) is 55.8 Å². The van der Waals surface area contributed by atoms with Crippen LogP contribution in [0, 0.1) is 23.7 Å². The summed E-state index contributed by atoms with van der Waals surface area (Å²) in [5.74, 6) is 6.77. The van der Waals surface area contributed by atoms with Gasteiger partial charge in [-0.2, -0.15) is 0 Å². The summed E-state index contributed by atoms with van der Waals surface area (Å²) in [6, 6.07) is 0. The van der Waals surface area contributed by atoms with Crippen molar-refractivity contribution < 1.29 is 19.4 Å². The first-order valence-corrected chi connectivity index (χ1v) is 10.8. The fraction of sp³-hybridized carbons (Fsp3) is 0.783. The summed E-state index contributed by atoms with van der Waals surface area (Å²) in [5.41, 5.74) is 0. The Morgan fingerprint density at radius 2 is 1.96 bits per heavy atom. The van der Waals surface area contributed by atoms with E-state index in [1.165, 1.54) is 25.7 Å². The molecule has 2 bridgehead atoms. The van der Waals surface area contributed by atoms with Crippen LogP contribution in [0.5, 0.6) is 0 Å². The summed E-state index contributed by atoms with van der Waals surface area (Å²) in [7, 11) is 0. The molecule has 0 unspecified atom stereocenters. The van der Waals surface area contributed by atoms with Gasteiger partial charge in [0.1, 0.15) is 6.61 Å². The van der Waals surface area contributed by atoms with E-state index in [9.17, 15) is 4.79 Å². The van der Waals surface area contributed by atoms with E-state index in [-0.39, 0.29) is 6.42 Å². The zero-order valence-corrected chi connectivity index (χ0v) is 16.8. The van der Waals surface area contributed by atoms with Gasteiger partial charge in [-0.25, -0.2) is 0 Å². The molecule has 2 rings (SSSR count). The summed E-state index contributed by atoms with van der Waals surface area (Å²) >= 11 is 0. The molecule has 0 aromatic heterocycles. The molecule has 1 N–H and O–H groups in total. The minimum absolute atomic E-state index is 0.260. The third kappa shape index (κ3) is 8.07. The van der Waals surface area contributed by atoms with Gasteiger partial charge in [0, 0.05) is 19.4 Å². The molecule has 0 amide bonds. The number of ether oxygens (including phenoxy) is 2. The molecule has 27 heavy (non-hydrogen) atoms. The monoisotopic (exact) mass is 376 g/mol. The highest BCUT2D eigenvalue weighted by Crippen LogP contribution is 2.47. The Balaban J connectivity index is 1.60. The summed E-state index contributed by atoms with van der Waals surface area (Å²) in [5, 5.41) is 8.68. The molecule has 2 aliphatic heterocycles. The van der Waals surface area contributed by atoms with Gasteiger partial charge < -0.3 is 14.6 Å². The van der Waals surface area contributed by atoms with Crippen LogP contribution in [-0.4, -0.2) is 36.5 Å². The Hall–Kier alpha value is -1.31. The average molecular weight is 377 g/mol. The summed E-state index contributed by atoms with van der Waals surface area (Å²) in [6.45, 7) is 3.50. The van der Waals surface area contributed by atoms with Gasteiger partial charge >= 0.3 is 5.97 Å². The number of carboxylic acid groups (broad SMARTS) is 1. The molecule has 2 aliphatic rings. The number of hydrogen-bond donors (Lipinski definition) is 1. The van der Waals surface area contributed by atoms with Crippen molar-refractivity contribution in [3.05, 3.63) is 12.2 Å². The zero-order valence-electron chi connectivity index (χ0n) is 16.8. The molecule has 4 nitrogen and oxygen atoms in total. The van der Waals surface area contributed by atoms with Gasteiger partial charge in [-0.15, -0.1) is 5.92 Å². The van der Waals surface area contributed by atoms with Crippen molar-refractivity contribution in [1.82, 2.24) is 0 Å². The number of carboxylic acids is 1. The van der Waals surface area contributed by atoms with Gasteiger partial charge in [0.25, 0.3) is 0 Å². The van der Waals surface area contributed by atoms with E-state index in [4.69, 9.17) is 14.6 Å². The van der Waals surface area contributed by atoms with Crippen LogP contribution >= 0.6 is 0 Å². The van der Waals surface area contributed by atoms with Crippen LogP contribution in [0.15, 0.2) is 12.2 Å². The van der Waals surface area contributed by atoms with E-state index in [2.05, 4.69) is 30.9 Å². The highest BCUT2D eigenvalue weighted by Gasteiger charge is 2.47. The van der Waals surface area contributed by atoms with Crippen molar-refractivity contribution in [2.24, 2.45) is 11.8 Å². The average Bonchev–Trinajstić information content (AvgIpc) is 3.25. The predicted octanol–water partition coefficient (Wildman–Crippen LogP) is 4.97. The summed E-state index contributed by atoms with van der Waals surface area (Å²) in [4.78, 5) is 10.5. The maximum Gasteiger partial charge on any atom is 0.303 e. The second-order valence-corrected chi connectivity index (χ2v) is 7.76. The maximum atomic E-state index is 10.5. The Morgan fingerprint density at radius 3 is 2.74 bits per heavy atom. The smallest absolute Gasteiger partial charge is 0.303 e. The van der Waals surface area contributed by atoms with E-state index in [0.717, 1.165) is 45.1 Å². The third-order valence-corrected chi connectivity index (χ3v) is 5.68. The van der Waals surface area contributed by atoms with E-state index in [1.54, 1.807) is 0 Å². The van der Waals surface area contributed by atoms with Gasteiger partial charge in [0.05, 0.1) is 12.2 Å². The second-order valence-electron chi connectivity index (χ2n) is 7.76. The standard InChI is InChI=1S/C23H36O4/c1-2-3-4-10-17-26-18-11-9-13-20-19(21-15-16-22(20)27-21)12-7-5-6-8-14-23(24)25/h5,7,19-22H,2-3,6,8-9,11-18H2,1H3,(H,24,25)/b7-5-/t19-,20+,21-,22+/m0/s1. The van der Waals surface area contributed by atoms with Crippen LogP contribution < -0.4 is 0 Å². The van der Waals surface area contributed by atoms with Crippen molar-refractivity contribution in [3.8, 4) is 11.8 Å². The van der Waals surface area contributed by atoms with Crippen LogP contribution in [0.25, 0.3) is 0 Å². The predicted molar refractivity (Wildman–Crippen MR) is 107 cm³/mol. The Morgan fingerprint density at radius 1 is 1.15 bits per heavy atom. The zero-order chi connectivity index (χ0) is 19.3. The molecule has 152 valence electrons. The molecule has 2 fully saturated rings. The van der Waals surface area contributed by atoms with E-state index in [1.807, 2.05) is 0 Å². The van der Waals surface area contributed by atoms with Crippen molar-refractivity contribution >= 4 is 5.97 Å². The summed E-state index contributed by atoms with van der Waals surface area (Å²) in [6.07, 6.45) is 16.2. The first-order valence-electron chi connectivity index (χ1n) is 10.8.